The maximum absolute atomic E-state index is 13.3. The maximum Gasteiger partial charge on any atom is 0.271 e. The lowest BCUT2D eigenvalue weighted by Crippen LogP contribution is -2.28. The first-order valence-corrected chi connectivity index (χ1v) is 10.5. The Balaban J connectivity index is 1.40. The number of nitrogens with two attached hydrogens (primary N) is 1. The second-order valence-corrected chi connectivity index (χ2v) is 8.16. The van der Waals surface area contributed by atoms with Crippen LogP contribution in [0.15, 0.2) is 35.2 Å². The van der Waals surface area contributed by atoms with Gasteiger partial charge in [-0.05, 0) is 30.9 Å². The number of rotatable bonds is 8. The van der Waals surface area contributed by atoms with E-state index in [1.807, 2.05) is 0 Å². The second-order valence-electron chi connectivity index (χ2n) is 8.16. The van der Waals surface area contributed by atoms with E-state index < -0.39 is 18.1 Å². The molecular weight excluding hydrogens is 436 g/mol. The van der Waals surface area contributed by atoms with E-state index in [4.69, 9.17) is 10.2 Å². The van der Waals surface area contributed by atoms with E-state index in [0.717, 1.165) is 0 Å². The average Bonchev–Trinajstić information content (AvgIpc) is 3.40. The molecule has 12 heteroatoms. The molecule has 10 nitrogen and oxygen atoms in total. The number of pyridine rings is 1. The van der Waals surface area contributed by atoms with Crippen molar-refractivity contribution < 1.29 is 23.1 Å². The molecule has 5 N–H and O–H groups in total. The zero-order chi connectivity index (χ0) is 23.6. The molecular formula is C21H25F2N7O3. The van der Waals surface area contributed by atoms with Crippen molar-refractivity contribution in [2.24, 2.45) is 18.7 Å². The molecule has 1 aliphatic carbocycles. The number of nitrogens with one attached hydrogen (secondary N) is 2. The van der Waals surface area contributed by atoms with Crippen LogP contribution in [-0.2, 0) is 7.05 Å². The highest BCUT2D eigenvalue weighted by Gasteiger charge is 2.34. The summed E-state index contributed by atoms with van der Waals surface area (Å²) < 4.78 is 33.5. The minimum absolute atomic E-state index is 0.00759. The Hall–Kier alpha value is -3.54. The highest BCUT2D eigenvalue weighted by molar-refractivity contribution is 5.96. The monoisotopic (exact) mass is 461 g/mol. The fraction of sp³-hybridized carbons (Fsp3) is 0.429. The van der Waals surface area contributed by atoms with E-state index >= 15 is 0 Å². The van der Waals surface area contributed by atoms with Gasteiger partial charge in [0, 0.05) is 44.4 Å². The number of aliphatic hydroxyl groups excluding tert-OH is 1. The van der Waals surface area contributed by atoms with Crippen LogP contribution in [0.5, 0.6) is 0 Å². The van der Waals surface area contributed by atoms with Crippen LogP contribution in [0.2, 0.25) is 0 Å². The Morgan fingerprint density at radius 2 is 2.18 bits per heavy atom. The number of primary amides is 1. The van der Waals surface area contributed by atoms with E-state index in [9.17, 15) is 18.7 Å². The number of oxazole rings is 1. The van der Waals surface area contributed by atoms with Gasteiger partial charge in [0.2, 0.25) is 11.8 Å². The zero-order valence-corrected chi connectivity index (χ0v) is 18.0. The standard InChI is InChI=1S/C21H25F2N7O3/c1-30-10-14(17(29-30)18(24)31)27-19(32)15-11-33-20(28-15)13-4-7-25-16(8-13)26-9-12-2-5-21(22,23)6-3-12/h4,7-8,10-12,19,27,32H,2-3,5-6,9H2,1H3,(H2,24,31)(H,25,26). The molecule has 1 amide bonds. The van der Waals surface area contributed by atoms with Crippen LogP contribution < -0.4 is 16.4 Å². The molecule has 0 saturated heterocycles. The van der Waals surface area contributed by atoms with Gasteiger partial charge >= 0.3 is 0 Å². The van der Waals surface area contributed by atoms with Crippen LogP contribution >= 0.6 is 0 Å². The Bertz CT molecular complexity index is 1120. The molecule has 0 aromatic carbocycles. The first kappa shape index (κ1) is 22.6. The molecule has 1 saturated carbocycles. The second kappa shape index (κ2) is 9.14. The molecule has 0 radical (unpaired) electrons. The number of carbonyl (C=O) groups excluding carboxylic acids is 1. The van der Waals surface area contributed by atoms with Crippen LogP contribution in [0, 0.1) is 5.92 Å². The molecule has 0 spiro atoms. The van der Waals surface area contributed by atoms with Crippen molar-refractivity contribution in [3.8, 4) is 11.5 Å². The van der Waals surface area contributed by atoms with Crippen molar-refractivity contribution >= 4 is 17.4 Å². The van der Waals surface area contributed by atoms with Crippen LogP contribution in [0.3, 0.4) is 0 Å². The minimum atomic E-state index is -2.55. The number of carbonyl (C=O) groups is 1. The van der Waals surface area contributed by atoms with E-state index in [-0.39, 0.29) is 41.7 Å². The van der Waals surface area contributed by atoms with E-state index in [0.29, 0.717) is 30.8 Å². The summed E-state index contributed by atoms with van der Waals surface area (Å²) >= 11 is 0. The van der Waals surface area contributed by atoms with Gasteiger partial charge < -0.3 is 25.9 Å². The number of hydrogen-bond donors (Lipinski definition) is 4. The molecule has 0 bridgehead atoms. The molecule has 1 atom stereocenters. The van der Waals surface area contributed by atoms with Gasteiger partial charge in [0.15, 0.2) is 11.9 Å². The van der Waals surface area contributed by atoms with Gasteiger partial charge in [0.05, 0.1) is 5.69 Å². The lowest BCUT2D eigenvalue weighted by atomic mass is 9.87. The van der Waals surface area contributed by atoms with Gasteiger partial charge in [-0.15, -0.1) is 0 Å². The topological polar surface area (TPSA) is 144 Å². The highest BCUT2D eigenvalue weighted by Crippen LogP contribution is 2.36. The Kier molecular flexibility index (Phi) is 6.27. The quantitative estimate of drug-likeness (QED) is 0.375. The van der Waals surface area contributed by atoms with Crippen molar-refractivity contribution in [1.29, 1.82) is 0 Å². The number of halogens is 2. The van der Waals surface area contributed by atoms with Crippen LogP contribution in [0.25, 0.3) is 11.5 Å². The van der Waals surface area contributed by atoms with Gasteiger partial charge in [0.1, 0.15) is 17.8 Å². The lowest BCUT2D eigenvalue weighted by Gasteiger charge is -2.28. The number of aryl methyl sites for hydroxylation is 1. The number of aliphatic hydroxyl groups is 1. The fourth-order valence-electron chi connectivity index (χ4n) is 3.75. The SMILES string of the molecule is Cn1cc(NC(O)c2coc(-c3ccnc(NCC4CCC(F)(F)CC4)c3)n2)c(C(N)=O)n1. The summed E-state index contributed by atoms with van der Waals surface area (Å²) in [7, 11) is 1.62. The van der Waals surface area contributed by atoms with Gasteiger partial charge in [-0.25, -0.2) is 18.7 Å². The largest absolute Gasteiger partial charge is 0.444 e. The fourth-order valence-corrected chi connectivity index (χ4v) is 3.75. The Morgan fingerprint density at radius 1 is 1.42 bits per heavy atom. The first-order valence-electron chi connectivity index (χ1n) is 10.5. The van der Waals surface area contributed by atoms with Gasteiger partial charge in [0.25, 0.3) is 5.91 Å². The summed E-state index contributed by atoms with van der Waals surface area (Å²) in [4.78, 5) is 20.1. The summed E-state index contributed by atoms with van der Waals surface area (Å²) in [6, 6.07) is 3.44. The molecule has 3 heterocycles. The van der Waals surface area contributed by atoms with Crippen LogP contribution in [0.1, 0.15) is 48.1 Å². The molecule has 1 fully saturated rings. The summed E-state index contributed by atoms with van der Waals surface area (Å²) in [6.07, 6.45) is 3.91. The highest BCUT2D eigenvalue weighted by atomic mass is 19.3. The number of nitrogens with zero attached hydrogens (tertiary/aromatic N) is 4. The molecule has 33 heavy (non-hydrogen) atoms. The van der Waals surface area contributed by atoms with E-state index in [1.165, 1.54) is 17.1 Å². The predicted molar refractivity (Wildman–Crippen MR) is 115 cm³/mol. The summed E-state index contributed by atoms with van der Waals surface area (Å²) in [6.45, 7) is 0.555. The van der Waals surface area contributed by atoms with Crippen LogP contribution in [0.4, 0.5) is 20.3 Å². The number of amides is 1. The number of alkyl halides is 2. The summed E-state index contributed by atoms with van der Waals surface area (Å²) in [5.41, 5.74) is 6.38. The number of hydrogen-bond acceptors (Lipinski definition) is 8. The van der Waals surface area contributed by atoms with Gasteiger partial charge in [-0.2, -0.15) is 5.10 Å². The van der Waals surface area contributed by atoms with Crippen molar-refractivity contribution in [1.82, 2.24) is 19.7 Å². The average molecular weight is 461 g/mol. The third kappa shape index (κ3) is 5.45. The summed E-state index contributed by atoms with van der Waals surface area (Å²) in [5.74, 6) is -2.28. The smallest absolute Gasteiger partial charge is 0.271 e. The van der Waals surface area contributed by atoms with Gasteiger partial charge in [-0.1, -0.05) is 0 Å². The Labute approximate surface area is 188 Å². The van der Waals surface area contributed by atoms with Crippen molar-refractivity contribution in [3.05, 3.63) is 42.2 Å². The Morgan fingerprint density at radius 3 is 2.91 bits per heavy atom. The third-order valence-corrected chi connectivity index (χ3v) is 5.57. The molecule has 1 unspecified atom stereocenters. The van der Waals surface area contributed by atoms with Crippen molar-refractivity contribution in [2.75, 3.05) is 17.2 Å². The molecule has 3 aromatic rings. The normalized spacial score (nSPS) is 17.0. The third-order valence-electron chi connectivity index (χ3n) is 5.57. The first-order chi connectivity index (χ1) is 15.7. The lowest BCUT2D eigenvalue weighted by molar-refractivity contribution is -0.0443. The van der Waals surface area contributed by atoms with Gasteiger partial charge in [-0.3, -0.25) is 9.48 Å². The molecule has 1 aliphatic rings. The van der Waals surface area contributed by atoms with E-state index in [2.05, 4.69) is 25.7 Å². The van der Waals surface area contributed by atoms with E-state index in [1.54, 1.807) is 25.4 Å². The molecule has 4 rings (SSSR count). The number of anilines is 2. The summed E-state index contributed by atoms with van der Waals surface area (Å²) in [5, 5.41) is 20.4. The number of aromatic nitrogens is 4. The predicted octanol–water partition coefficient (Wildman–Crippen LogP) is 2.91. The molecule has 0 aliphatic heterocycles. The van der Waals surface area contributed by atoms with Crippen LogP contribution in [-0.4, -0.2) is 43.2 Å². The minimum Gasteiger partial charge on any atom is -0.444 e. The molecule has 176 valence electrons. The van der Waals surface area contributed by atoms with Crippen molar-refractivity contribution in [2.45, 2.75) is 37.8 Å². The molecule has 3 aromatic heterocycles. The zero-order valence-electron chi connectivity index (χ0n) is 18.0. The van der Waals surface area contributed by atoms with Crippen molar-refractivity contribution in [3.63, 3.8) is 0 Å². The maximum atomic E-state index is 13.3.